The molecule has 0 bridgehead atoms. The average Bonchev–Trinajstić information content (AvgIpc) is 2.73. The molecule has 1 amide bonds. The summed E-state index contributed by atoms with van der Waals surface area (Å²) in [6, 6.07) is 19.7. The van der Waals surface area contributed by atoms with Gasteiger partial charge in [-0.05, 0) is 48.7 Å². The molecule has 0 heterocycles. The van der Waals surface area contributed by atoms with E-state index in [1.165, 1.54) is 30.0 Å². The molecule has 1 N–H and O–H groups in total. The molecule has 0 atom stereocenters. The molecule has 0 saturated heterocycles. The van der Waals surface area contributed by atoms with E-state index in [1.807, 2.05) is 30.5 Å². The zero-order valence-corrected chi connectivity index (χ0v) is 18.1. The van der Waals surface area contributed by atoms with Crippen LogP contribution in [-0.2, 0) is 16.6 Å². The fourth-order valence-corrected chi connectivity index (χ4v) is 4.33. The molecule has 0 aliphatic heterocycles. The minimum atomic E-state index is -3.66. The zero-order chi connectivity index (χ0) is 21.7. The number of sulfonamides is 1. The molecule has 0 unspecified atom stereocenters. The van der Waals surface area contributed by atoms with E-state index in [2.05, 4.69) is 5.32 Å². The van der Waals surface area contributed by atoms with Gasteiger partial charge in [0.15, 0.2) is 0 Å². The molecule has 0 aliphatic rings. The van der Waals surface area contributed by atoms with E-state index in [0.717, 1.165) is 15.5 Å². The monoisotopic (exact) mass is 444 g/mol. The molecule has 0 radical (unpaired) electrons. The number of carbonyl (C=O) groups excluding carboxylic acids is 1. The second kappa shape index (κ2) is 9.32. The van der Waals surface area contributed by atoms with E-state index < -0.39 is 15.8 Å². The van der Waals surface area contributed by atoms with Crippen molar-refractivity contribution in [3.05, 3.63) is 89.7 Å². The standard InChI is InChI=1S/C22H21FN2O3S2/c1-29-21-10-6-5-9-20(21)24-22(26)16-11-13-18(14-12-16)25(30(2,27)28)15-17-7-3-4-8-19(17)23/h3-14H,15H2,1-2H3,(H,24,26). The van der Waals surface area contributed by atoms with Gasteiger partial charge in [0.1, 0.15) is 5.82 Å². The summed E-state index contributed by atoms with van der Waals surface area (Å²) < 4.78 is 39.7. The number of carbonyl (C=O) groups is 1. The van der Waals surface area contributed by atoms with Crippen LogP contribution in [0.4, 0.5) is 15.8 Å². The van der Waals surface area contributed by atoms with Crippen molar-refractivity contribution in [1.82, 2.24) is 0 Å². The number of nitrogens with one attached hydrogen (secondary N) is 1. The molecule has 0 fully saturated rings. The first-order chi connectivity index (χ1) is 14.3. The lowest BCUT2D eigenvalue weighted by Crippen LogP contribution is -2.29. The Balaban J connectivity index is 1.83. The van der Waals surface area contributed by atoms with E-state index in [9.17, 15) is 17.6 Å². The summed E-state index contributed by atoms with van der Waals surface area (Å²) in [5, 5.41) is 2.86. The van der Waals surface area contributed by atoms with Gasteiger partial charge in [-0.1, -0.05) is 30.3 Å². The Hall–Kier alpha value is -2.84. The predicted octanol–water partition coefficient (Wildman–Crippen LogP) is 4.77. The number of nitrogens with zero attached hydrogens (tertiary/aromatic N) is 1. The second-order valence-electron chi connectivity index (χ2n) is 6.56. The largest absolute Gasteiger partial charge is 0.321 e. The summed E-state index contributed by atoms with van der Waals surface area (Å²) in [6.45, 7) is -0.141. The number of hydrogen-bond donors (Lipinski definition) is 1. The molecule has 0 saturated carbocycles. The Morgan fingerprint density at radius 1 is 1.00 bits per heavy atom. The molecule has 156 valence electrons. The third-order valence-electron chi connectivity index (χ3n) is 4.44. The molecule has 0 aliphatic carbocycles. The lowest BCUT2D eigenvalue weighted by Gasteiger charge is -2.23. The van der Waals surface area contributed by atoms with Crippen molar-refractivity contribution in [2.45, 2.75) is 11.4 Å². The highest BCUT2D eigenvalue weighted by Gasteiger charge is 2.20. The molecule has 3 rings (SSSR count). The number of amides is 1. The van der Waals surface area contributed by atoms with Crippen LogP contribution in [-0.4, -0.2) is 26.8 Å². The maximum absolute atomic E-state index is 14.0. The van der Waals surface area contributed by atoms with Gasteiger partial charge < -0.3 is 5.32 Å². The van der Waals surface area contributed by atoms with Crippen LogP contribution in [0, 0.1) is 5.82 Å². The first-order valence-electron chi connectivity index (χ1n) is 9.05. The first kappa shape index (κ1) is 21.9. The van der Waals surface area contributed by atoms with Gasteiger partial charge in [0.25, 0.3) is 5.91 Å². The van der Waals surface area contributed by atoms with Gasteiger partial charge in [-0.3, -0.25) is 9.10 Å². The van der Waals surface area contributed by atoms with Crippen molar-refractivity contribution in [1.29, 1.82) is 0 Å². The van der Waals surface area contributed by atoms with E-state index >= 15 is 0 Å². The topological polar surface area (TPSA) is 66.5 Å². The van der Waals surface area contributed by atoms with Crippen molar-refractivity contribution in [2.75, 3.05) is 22.1 Å². The molecule has 30 heavy (non-hydrogen) atoms. The number of anilines is 2. The number of thioether (sulfide) groups is 1. The van der Waals surface area contributed by atoms with E-state index in [0.29, 0.717) is 16.9 Å². The van der Waals surface area contributed by atoms with Crippen LogP contribution in [0.2, 0.25) is 0 Å². The summed E-state index contributed by atoms with van der Waals surface area (Å²) in [6.07, 6.45) is 2.99. The van der Waals surface area contributed by atoms with Gasteiger partial charge in [0, 0.05) is 16.0 Å². The van der Waals surface area contributed by atoms with Gasteiger partial charge in [-0.15, -0.1) is 11.8 Å². The molecule has 5 nitrogen and oxygen atoms in total. The third kappa shape index (κ3) is 5.20. The first-order valence-corrected chi connectivity index (χ1v) is 12.1. The molecular weight excluding hydrogens is 423 g/mol. The van der Waals surface area contributed by atoms with Crippen molar-refractivity contribution >= 4 is 39.1 Å². The second-order valence-corrected chi connectivity index (χ2v) is 9.32. The molecule has 8 heteroatoms. The van der Waals surface area contributed by atoms with Crippen molar-refractivity contribution in [3.8, 4) is 0 Å². The molecular formula is C22H21FN2O3S2. The Morgan fingerprint density at radius 2 is 1.63 bits per heavy atom. The zero-order valence-electron chi connectivity index (χ0n) is 16.5. The van der Waals surface area contributed by atoms with E-state index in [-0.39, 0.29) is 18.0 Å². The Morgan fingerprint density at radius 3 is 2.27 bits per heavy atom. The quantitative estimate of drug-likeness (QED) is 0.533. The Kier molecular flexibility index (Phi) is 6.79. The van der Waals surface area contributed by atoms with Crippen molar-refractivity contribution in [2.24, 2.45) is 0 Å². The van der Waals surface area contributed by atoms with Crippen molar-refractivity contribution in [3.63, 3.8) is 0 Å². The van der Waals surface area contributed by atoms with Crippen LogP contribution in [0.1, 0.15) is 15.9 Å². The lowest BCUT2D eigenvalue weighted by molar-refractivity contribution is 0.102. The maximum Gasteiger partial charge on any atom is 0.255 e. The molecule has 3 aromatic carbocycles. The summed E-state index contributed by atoms with van der Waals surface area (Å²) >= 11 is 1.52. The predicted molar refractivity (Wildman–Crippen MR) is 120 cm³/mol. The highest BCUT2D eigenvalue weighted by molar-refractivity contribution is 7.98. The van der Waals surface area contributed by atoms with Gasteiger partial charge in [0.05, 0.1) is 24.2 Å². The fourth-order valence-electron chi connectivity index (χ4n) is 2.90. The van der Waals surface area contributed by atoms with Crippen LogP contribution < -0.4 is 9.62 Å². The Bertz CT molecular complexity index is 1150. The maximum atomic E-state index is 14.0. The molecule has 0 aromatic heterocycles. The molecule has 0 spiro atoms. The normalized spacial score (nSPS) is 11.2. The summed E-state index contributed by atoms with van der Waals surface area (Å²) in [7, 11) is -3.66. The number of para-hydroxylation sites is 1. The van der Waals surface area contributed by atoms with E-state index in [4.69, 9.17) is 0 Å². The smallest absolute Gasteiger partial charge is 0.255 e. The van der Waals surface area contributed by atoms with E-state index in [1.54, 1.807) is 30.3 Å². The van der Waals surface area contributed by atoms with Crippen LogP contribution in [0.15, 0.2) is 77.7 Å². The number of benzene rings is 3. The van der Waals surface area contributed by atoms with Crippen LogP contribution in [0.25, 0.3) is 0 Å². The number of hydrogen-bond acceptors (Lipinski definition) is 4. The number of rotatable bonds is 7. The summed E-state index contributed by atoms with van der Waals surface area (Å²) in [4.78, 5) is 13.5. The summed E-state index contributed by atoms with van der Waals surface area (Å²) in [5.74, 6) is -0.780. The van der Waals surface area contributed by atoms with Gasteiger partial charge >= 0.3 is 0 Å². The number of halogens is 1. The SMILES string of the molecule is CSc1ccccc1NC(=O)c1ccc(N(Cc2ccccc2F)S(C)(=O)=O)cc1. The minimum Gasteiger partial charge on any atom is -0.321 e. The molecule has 3 aromatic rings. The average molecular weight is 445 g/mol. The highest BCUT2D eigenvalue weighted by Crippen LogP contribution is 2.26. The minimum absolute atomic E-state index is 0.141. The van der Waals surface area contributed by atoms with Crippen molar-refractivity contribution < 1.29 is 17.6 Å². The van der Waals surface area contributed by atoms with Gasteiger partial charge in [-0.25, -0.2) is 12.8 Å². The lowest BCUT2D eigenvalue weighted by atomic mass is 10.1. The van der Waals surface area contributed by atoms with Gasteiger partial charge in [0.2, 0.25) is 10.0 Å². The summed E-state index contributed by atoms with van der Waals surface area (Å²) in [5.41, 5.74) is 1.70. The van der Waals surface area contributed by atoms with Crippen LogP contribution in [0.3, 0.4) is 0 Å². The third-order valence-corrected chi connectivity index (χ3v) is 6.38. The van der Waals surface area contributed by atoms with Crippen LogP contribution in [0.5, 0.6) is 0 Å². The Labute approximate surface area is 180 Å². The van der Waals surface area contributed by atoms with Gasteiger partial charge in [-0.2, -0.15) is 0 Å². The fraction of sp³-hybridized carbons (Fsp3) is 0.136. The highest BCUT2D eigenvalue weighted by atomic mass is 32.2. The van der Waals surface area contributed by atoms with Crippen LogP contribution >= 0.6 is 11.8 Å².